The Hall–Kier alpha value is -0.296. The Morgan fingerprint density at radius 3 is 2.29 bits per heavy atom. The summed E-state index contributed by atoms with van der Waals surface area (Å²) in [4.78, 5) is 10.2. The van der Waals surface area contributed by atoms with Crippen LogP contribution in [0, 0.1) is 0 Å². The van der Waals surface area contributed by atoms with E-state index in [0.717, 1.165) is 19.3 Å². The van der Waals surface area contributed by atoms with Crippen molar-refractivity contribution in [3.63, 3.8) is 0 Å². The molecule has 1 N–H and O–H groups in total. The van der Waals surface area contributed by atoms with Gasteiger partial charge in [-0.15, -0.1) is 0 Å². The molecule has 86 valence electrons. The van der Waals surface area contributed by atoms with Gasteiger partial charge < -0.3 is 5.11 Å². The number of aliphatic carboxylic acids is 1. The van der Waals surface area contributed by atoms with Gasteiger partial charge in [-0.1, -0.05) is 31.4 Å². The average Bonchev–Trinajstić information content (AvgIpc) is 2.09. The zero-order valence-corrected chi connectivity index (χ0v) is 9.76. The Labute approximate surface area is 96.7 Å². The third kappa shape index (κ3) is 14.2. The molecule has 0 atom stereocenters. The van der Waals surface area contributed by atoms with Crippen molar-refractivity contribution in [3.05, 3.63) is 12.2 Å². The quantitative estimate of drug-likeness (QED) is 0.403. The molecule has 0 aliphatic carbocycles. The Kier molecular flexibility index (Phi) is 14.7. The maximum Gasteiger partial charge on any atom is 0.303 e. The van der Waals surface area contributed by atoms with Crippen LogP contribution >= 0.6 is 0 Å². The molecule has 3 heteroatoms. The van der Waals surface area contributed by atoms with Gasteiger partial charge in [-0.3, -0.25) is 4.79 Å². The molecule has 0 amide bonds. The number of allylic oxidation sites excluding steroid dienone is 2. The molecular weight excluding hydrogens is 223 g/mol. The van der Waals surface area contributed by atoms with E-state index in [4.69, 9.17) is 5.11 Å². The van der Waals surface area contributed by atoms with Gasteiger partial charge in [-0.05, 0) is 26.2 Å². The zero-order chi connectivity index (χ0) is 9.94. The van der Waals surface area contributed by atoms with Crippen LogP contribution in [0.5, 0.6) is 0 Å². The van der Waals surface area contributed by atoms with Gasteiger partial charge in [0.15, 0.2) is 0 Å². The van der Waals surface area contributed by atoms with Gasteiger partial charge in [0.25, 0.3) is 0 Å². The smallest absolute Gasteiger partial charge is 0.303 e. The first-order valence-electron chi connectivity index (χ1n) is 5.10. The van der Waals surface area contributed by atoms with Gasteiger partial charge in [0.1, 0.15) is 0 Å². The largest absolute Gasteiger partial charge is 0.481 e. The summed E-state index contributed by atoms with van der Waals surface area (Å²) >= 11 is 0. The normalized spacial score (nSPS) is 10.1. The van der Waals surface area contributed by atoms with Crippen molar-refractivity contribution in [1.82, 2.24) is 0 Å². The Balaban J connectivity index is 0. The van der Waals surface area contributed by atoms with E-state index in [2.05, 4.69) is 12.2 Å². The first-order chi connectivity index (χ1) is 6.27. The van der Waals surface area contributed by atoms with Crippen LogP contribution in [0.15, 0.2) is 12.2 Å². The molecule has 0 rings (SSSR count). The molecule has 0 unspecified atom stereocenters. The molecule has 0 bridgehead atoms. The van der Waals surface area contributed by atoms with Crippen molar-refractivity contribution in [1.29, 1.82) is 0 Å². The van der Waals surface area contributed by atoms with Crippen LogP contribution in [0.25, 0.3) is 0 Å². The second-order valence-corrected chi connectivity index (χ2v) is 3.27. The van der Waals surface area contributed by atoms with E-state index >= 15 is 0 Å². The van der Waals surface area contributed by atoms with Crippen LogP contribution < -0.4 is 0 Å². The Bertz CT molecular complexity index is 155. The zero-order valence-electron chi connectivity index (χ0n) is 8.78. The molecule has 0 spiro atoms. The van der Waals surface area contributed by atoms with E-state index in [1.54, 1.807) is 0 Å². The van der Waals surface area contributed by atoms with E-state index in [9.17, 15) is 4.79 Å². The molecule has 0 aromatic rings. The topological polar surface area (TPSA) is 37.3 Å². The molecule has 0 saturated carbocycles. The SMILES string of the molecule is C/C=C\CCCCCCCC(=O)O.[Ni]. The van der Waals surface area contributed by atoms with Gasteiger partial charge >= 0.3 is 5.97 Å². The predicted octanol–water partition coefficient (Wildman–Crippen LogP) is 3.38. The second kappa shape index (κ2) is 12.7. The molecule has 2 nitrogen and oxygen atoms in total. The van der Waals surface area contributed by atoms with E-state index in [1.807, 2.05) is 6.92 Å². The summed E-state index contributed by atoms with van der Waals surface area (Å²) in [7, 11) is 0. The van der Waals surface area contributed by atoms with Gasteiger partial charge in [0.2, 0.25) is 0 Å². The minimum atomic E-state index is -0.672. The summed E-state index contributed by atoms with van der Waals surface area (Å²) in [5, 5.41) is 8.38. The van der Waals surface area contributed by atoms with E-state index in [0.29, 0.717) is 6.42 Å². The van der Waals surface area contributed by atoms with Gasteiger partial charge in [0, 0.05) is 22.9 Å². The van der Waals surface area contributed by atoms with Crippen LogP contribution in [-0.2, 0) is 21.3 Å². The molecule has 0 aromatic carbocycles. The molecule has 0 radical (unpaired) electrons. The molecule has 0 aliphatic rings. The van der Waals surface area contributed by atoms with Crippen molar-refractivity contribution in [2.75, 3.05) is 0 Å². The van der Waals surface area contributed by atoms with Crippen molar-refractivity contribution in [2.24, 2.45) is 0 Å². The maximum atomic E-state index is 10.2. The van der Waals surface area contributed by atoms with Crippen LogP contribution in [0.1, 0.15) is 51.9 Å². The third-order valence-electron chi connectivity index (χ3n) is 2.00. The predicted molar refractivity (Wildman–Crippen MR) is 54.8 cm³/mol. The first-order valence-corrected chi connectivity index (χ1v) is 5.10. The summed E-state index contributed by atoms with van der Waals surface area (Å²) in [5.74, 6) is -0.672. The fraction of sp³-hybridized carbons (Fsp3) is 0.727. The number of unbranched alkanes of at least 4 members (excludes halogenated alkanes) is 5. The summed E-state index contributed by atoms with van der Waals surface area (Å²) in [5.41, 5.74) is 0. The Morgan fingerprint density at radius 2 is 1.71 bits per heavy atom. The molecule has 0 heterocycles. The van der Waals surface area contributed by atoms with Crippen LogP contribution in [-0.4, -0.2) is 11.1 Å². The minimum absolute atomic E-state index is 0. The van der Waals surface area contributed by atoms with Crippen molar-refractivity contribution in [3.8, 4) is 0 Å². The summed E-state index contributed by atoms with van der Waals surface area (Å²) in [6.07, 6.45) is 11.3. The standard InChI is InChI=1S/C11H20O2.Ni/c1-2-3-4-5-6-7-8-9-10-11(12)13;/h2-3H,4-10H2,1H3,(H,12,13);/b3-2-;. The van der Waals surface area contributed by atoms with Crippen molar-refractivity contribution < 1.29 is 26.4 Å². The number of carboxylic acid groups (broad SMARTS) is 1. The fourth-order valence-electron chi connectivity index (χ4n) is 1.24. The summed E-state index contributed by atoms with van der Waals surface area (Å²) in [6.45, 7) is 2.03. The maximum absolute atomic E-state index is 10.2. The van der Waals surface area contributed by atoms with E-state index < -0.39 is 5.97 Å². The van der Waals surface area contributed by atoms with Crippen LogP contribution in [0.2, 0.25) is 0 Å². The van der Waals surface area contributed by atoms with Crippen LogP contribution in [0.3, 0.4) is 0 Å². The number of rotatable bonds is 8. The Morgan fingerprint density at radius 1 is 1.14 bits per heavy atom. The van der Waals surface area contributed by atoms with E-state index in [1.165, 1.54) is 19.3 Å². The van der Waals surface area contributed by atoms with E-state index in [-0.39, 0.29) is 16.5 Å². The minimum Gasteiger partial charge on any atom is -0.481 e. The summed E-state index contributed by atoms with van der Waals surface area (Å²) in [6, 6.07) is 0. The monoisotopic (exact) mass is 242 g/mol. The number of carbonyl (C=O) groups is 1. The molecule has 0 fully saturated rings. The van der Waals surface area contributed by atoms with Crippen molar-refractivity contribution in [2.45, 2.75) is 51.9 Å². The molecule has 14 heavy (non-hydrogen) atoms. The number of hydrogen-bond donors (Lipinski definition) is 1. The van der Waals surface area contributed by atoms with Crippen LogP contribution in [0.4, 0.5) is 0 Å². The number of hydrogen-bond acceptors (Lipinski definition) is 1. The molecule has 0 aliphatic heterocycles. The first kappa shape index (κ1) is 16.1. The van der Waals surface area contributed by atoms with Crippen molar-refractivity contribution >= 4 is 5.97 Å². The molecule has 0 saturated heterocycles. The van der Waals surface area contributed by atoms with Gasteiger partial charge in [-0.25, -0.2) is 0 Å². The second-order valence-electron chi connectivity index (χ2n) is 3.27. The van der Waals surface area contributed by atoms with Gasteiger partial charge in [0.05, 0.1) is 0 Å². The van der Waals surface area contributed by atoms with Gasteiger partial charge in [-0.2, -0.15) is 0 Å². The molecule has 0 aromatic heterocycles. The number of carboxylic acids is 1. The summed E-state index contributed by atoms with van der Waals surface area (Å²) < 4.78 is 0. The third-order valence-corrected chi connectivity index (χ3v) is 2.00. The molecular formula is C11H20NiO2. The average molecular weight is 243 g/mol. The fourth-order valence-corrected chi connectivity index (χ4v) is 1.24.